The van der Waals surface area contributed by atoms with Crippen molar-refractivity contribution in [3.05, 3.63) is 106 Å². The van der Waals surface area contributed by atoms with Gasteiger partial charge in [-0.3, -0.25) is 4.79 Å². The monoisotopic (exact) mass is 606 g/mol. The Morgan fingerprint density at radius 2 is 1.62 bits per heavy atom. The highest BCUT2D eigenvalue weighted by Gasteiger charge is 2.50. The molecule has 3 aromatic carbocycles. The highest BCUT2D eigenvalue weighted by Crippen LogP contribution is 2.61. The van der Waals surface area contributed by atoms with Crippen LogP contribution in [0.5, 0.6) is 11.5 Å². The number of aliphatic hydroxyl groups is 1. The molecule has 1 heterocycles. The third kappa shape index (κ3) is 7.13. The molecule has 1 atom stereocenters. The fourth-order valence-corrected chi connectivity index (χ4v) is 9.00. The normalized spacial score (nSPS) is 24.2. The van der Waals surface area contributed by atoms with E-state index in [0.29, 0.717) is 29.8 Å². The number of hydrogen-bond donors (Lipinski definition) is 3. The molecule has 8 rings (SSSR count). The van der Waals surface area contributed by atoms with Gasteiger partial charge >= 0.3 is 0 Å². The second kappa shape index (κ2) is 13.4. The molecule has 236 valence electrons. The molecule has 45 heavy (non-hydrogen) atoms. The number of hydrogen-bond acceptors (Lipinski definition) is 5. The van der Waals surface area contributed by atoms with Crippen LogP contribution in [-0.4, -0.2) is 29.8 Å². The number of rotatable bonds is 14. The van der Waals surface area contributed by atoms with Crippen LogP contribution in [0.2, 0.25) is 0 Å². The minimum absolute atomic E-state index is 0.203. The lowest BCUT2D eigenvalue weighted by molar-refractivity contribution is -0.0593. The van der Waals surface area contributed by atoms with Crippen molar-refractivity contribution in [1.82, 2.24) is 10.3 Å². The standard InChI is InChI=1S/C39H46N2O4/c42-35(33-10-12-36(38-34(33)11-13-37(43)41-38)45-26-28-6-2-1-3-7-28)25-40-16-14-27-8-4-9-32(21-27)44-17-5-15-39-22-29-18-30(23-39)20-31(19-29)24-39/h1-4,6-13,21,29-31,35,40,42H,5,14-20,22-26H2,(H,41,43)/t29?,30?,31?,35-,39?/m0/s1. The molecule has 0 radical (unpaired) electrons. The highest BCUT2D eigenvalue weighted by atomic mass is 16.5. The van der Waals surface area contributed by atoms with Crippen LogP contribution in [-0.2, 0) is 13.0 Å². The van der Waals surface area contributed by atoms with Crippen molar-refractivity contribution in [3.8, 4) is 11.5 Å². The van der Waals surface area contributed by atoms with Crippen LogP contribution in [0.15, 0.2) is 83.7 Å². The van der Waals surface area contributed by atoms with E-state index in [1.54, 1.807) is 6.07 Å². The summed E-state index contributed by atoms with van der Waals surface area (Å²) in [7, 11) is 0. The molecule has 3 N–H and O–H groups in total. The van der Waals surface area contributed by atoms with Crippen molar-refractivity contribution in [1.29, 1.82) is 0 Å². The molecule has 0 amide bonds. The predicted octanol–water partition coefficient (Wildman–Crippen LogP) is 7.35. The van der Waals surface area contributed by atoms with E-state index in [2.05, 4.69) is 34.6 Å². The van der Waals surface area contributed by atoms with Crippen LogP contribution >= 0.6 is 0 Å². The Morgan fingerprint density at radius 1 is 0.867 bits per heavy atom. The molecular weight excluding hydrogens is 560 g/mol. The van der Waals surface area contributed by atoms with Crippen molar-refractivity contribution in [2.45, 2.75) is 70.5 Å². The number of benzene rings is 3. The zero-order chi connectivity index (χ0) is 30.6. The van der Waals surface area contributed by atoms with Crippen LogP contribution in [0.4, 0.5) is 0 Å². The predicted molar refractivity (Wildman–Crippen MR) is 179 cm³/mol. The molecule has 4 aliphatic rings. The molecule has 0 saturated heterocycles. The highest BCUT2D eigenvalue weighted by molar-refractivity contribution is 5.87. The molecule has 4 aliphatic carbocycles. The Kier molecular flexibility index (Phi) is 8.95. The minimum Gasteiger partial charge on any atom is -0.494 e. The average molecular weight is 607 g/mol. The maximum atomic E-state index is 12.2. The van der Waals surface area contributed by atoms with Gasteiger partial charge in [-0.05, 0) is 128 Å². The van der Waals surface area contributed by atoms with Crippen molar-refractivity contribution < 1.29 is 14.6 Å². The molecule has 0 spiro atoms. The molecule has 0 aliphatic heterocycles. The molecule has 4 saturated carbocycles. The first-order valence-electron chi connectivity index (χ1n) is 17.0. The first-order chi connectivity index (χ1) is 22.0. The molecule has 1 aromatic heterocycles. The second-order valence-electron chi connectivity index (χ2n) is 14.0. The van der Waals surface area contributed by atoms with Crippen LogP contribution < -0.4 is 20.3 Å². The number of ether oxygens (including phenoxy) is 2. The third-order valence-electron chi connectivity index (χ3n) is 10.6. The van der Waals surface area contributed by atoms with Gasteiger partial charge in [-0.2, -0.15) is 0 Å². The van der Waals surface area contributed by atoms with E-state index < -0.39 is 6.10 Å². The average Bonchev–Trinajstić information content (AvgIpc) is 3.04. The molecule has 4 fully saturated rings. The molecular formula is C39H46N2O4. The number of pyridine rings is 1. The van der Waals surface area contributed by atoms with Gasteiger partial charge in [0.15, 0.2) is 0 Å². The van der Waals surface area contributed by atoms with E-state index >= 15 is 0 Å². The summed E-state index contributed by atoms with van der Waals surface area (Å²) < 4.78 is 12.3. The number of aromatic amines is 1. The van der Waals surface area contributed by atoms with Gasteiger partial charge in [-0.15, -0.1) is 0 Å². The fraction of sp³-hybridized carbons (Fsp3) is 0.462. The fourth-order valence-electron chi connectivity index (χ4n) is 9.00. The van der Waals surface area contributed by atoms with Gasteiger partial charge in [0.1, 0.15) is 18.1 Å². The van der Waals surface area contributed by atoms with Gasteiger partial charge in [0.25, 0.3) is 0 Å². The SMILES string of the molecule is O=c1ccc2c([C@@H](O)CNCCc3cccc(OCCCC45CC6CC(CC(C6)C4)C5)c3)ccc(OCc3ccccc3)c2[nH]1. The molecule has 6 nitrogen and oxygen atoms in total. The van der Waals surface area contributed by atoms with E-state index in [-0.39, 0.29) is 5.56 Å². The smallest absolute Gasteiger partial charge is 0.248 e. The van der Waals surface area contributed by atoms with Gasteiger partial charge < -0.3 is 24.9 Å². The molecule has 6 heteroatoms. The van der Waals surface area contributed by atoms with Crippen molar-refractivity contribution >= 4 is 10.9 Å². The Hall–Kier alpha value is -3.61. The van der Waals surface area contributed by atoms with Crippen molar-refractivity contribution in [2.24, 2.45) is 23.2 Å². The molecule has 4 bridgehead atoms. The molecule has 0 unspecified atom stereocenters. The summed E-state index contributed by atoms with van der Waals surface area (Å²) in [6.07, 6.45) is 11.5. The summed E-state index contributed by atoms with van der Waals surface area (Å²) in [5, 5.41) is 15.3. The van der Waals surface area contributed by atoms with Crippen LogP contribution in [0.25, 0.3) is 10.9 Å². The van der Waals surface area contributed by atoms with Crippen LogP contribution in [0.1, 0.15) is 74.2 Å². The number of aliphatic hydroxyl groups excluding tert-OH is 1. The van der Waals surface area contributed by atoms with Gasteiger partial charge in [-0.25, -0.2) is 0 Å². The zero-order valence-electron chi connectivity index (χ0n) is 26.2. The van der Waals surface area contributed by atoms with E-state index in [1.807, 2.05) is 42.5 Å². The minimum atomic E-state index is -0.731. The summed E-state index contributed by atoms with van der Waals surface area (Å²) in [6, 6.07) is 25.3. The Labute approximate surface area is 266 Å². The lowest BCUT2D eigenvalue weighted by atomic mass is 9.48. The van der Waals surface area contributed by atoms with E-state index in [4.69, 9.17) is 9.47 Å². The van der Waals surface area contributed by atoms with Crippen LogP contribution in [0, 0.1) is 23.2 Å². The van der Waals surface area contributed by atoms with Gasteiger partial charge in [0.05, 0.1) is 18.2 Å². The molecule has 4 aromatic rings. The van der Waals surface area contributed by atoms with Crippen molar-refractivity contribution in [3.63, 3.8) is 0 Å². The summed E-state index contributed by atoms with van der Waals surface area (Å²) in [5.74, 6) is 4.58. The lowest BCUT2D eigenvalue weighted by Crippen LogP contribution is -2.46. The largest absolute Gasteiger partial charge is 0.494 e. The third-order valence-corrected chi connectivity index (χ3v) is 10.6. The quantitative estimate of drug-likeness (QED) is 0.131. The zero-order valence-corrected chi connectivity index (χ0v) is 26.2. The van der Waals surface area contributed by atoms with Gasteiger partial charge in [0.2, 0.25) is 5.56 Å². The summed E-state index contributed by atoms with van der Waals surface area (Å²) in [5.41, 5.74) is 4.04. The number of nitrogens with one attached hydrogen (secondary N) is 2. The maximum Gasteiger partial charge on any atom is 0.248 e. The Bertz CT molecular complexity index is 1610. The van der Waals surface area contributed by atoms with Crippen molar-refractivity contribution in [2.75, 3.05) is 19.7 Å². The second-order valence-corrected chi connectivity index (χ2v) is 14.0. The van der Waals surface area contributed by atoms with Gasteiger partial charge in [0, 0.05) is 18.0 Å². The first kappa shape index (κ1) is 30.1. The topological polar surface area (TPSA) is 83.6 Å². The number of aromatic nitrogens is 1. The number of H-pyrrole nitrogens is 1. The van der Waals surface area contributed by atoms with E-state index in [9.17, 15) is 9.90 Å². The van der Waals surface area contributed by atoms with E-state index in [0.717, 1.165) is 66.0 Å². The lowest BCUT2D eigenvalue weighted by Gasteiger charge is -2.57. The summed E-state index contributed by atoms with van der Waals surface area (Å²) in [4.78, 5) is 15.1. The van der Waals surface area contributed by atoms with Gasteiger partial charge in [-0.1, -0.05) is 48.5 Å². The Morgan fingerprint density at radius 3 is 2.40 bits per heavy atom. The summed E-state index contributed by atoms with van der Waals surface area (Å²) in [6.45, 7) is 2.33. The number of fused-ring (bicyclic) bond motifs is 1. The Balaban J connectivity index is 0.884. The van der Waals surface area contributed by atoms with Crippen LogP contribution in [0.3, 0.4) is 0 Å². The van der Waals surface area contributed by atoms with E-state index in [1.165, 1.54) is 56.6 Å². The summed E-state index contributed by atoms with van der Waals surface area (Å²) >= 11 is 0. The maximum absolute atomic E-state index is 12.2. The first-order valence-corrected chi connectivity index (χ1v) is 17.0.